The average Bonchev–Trinajstić information content (AvgIpc) is 2.84. The Balaban J connectivity index is 1.68. The Bertz CT molecular complexity index is 1280. The lowest BCUT2D eigenvalue weighted by Gasteiger charge is -2.20. The Morgan fingerprint density at radius 3 is 2.44 bits per heavy atom. The number of amides is 2. The highest BCUT2D eigenvalue weighted by molar-refractivity contribution is 9.10. The van der Waals surface area contributed by atoms with Gasteiger partial charge in [-0.1, -0.05) is 82.8 Å². The first-order valence-electron chi connectivity index (χ1n) is 10.9. The molecule has 2 N–H and O–H groups in total. The minimum Gasteiger partial charge on any atom is -0.488 e. The normalized spacial score (nSPS) is 12.0. The largest absolute Gasteiger partial charge is 0.488 e. The van der Waals surface area contributed by atoms with E-state index in [0.29, 0.717) is 26.9 Å². The van der Waals surface area contributed by atoms with Gasteiger partial charge in [0.25, 0.3) is 11.8 Å². The van der Waals surface area contributed by atoms with Crippen molar-refractivity contribution in [2.24, 2.45) is 11.0 Å². The standard InChI is InChI=1S/C26H23BrCl3N3O3/c1-15(2)24(32-25(34)16-7-9-21(29)22(30)12-16)26(35)33-31-13-18-11-19(27)8-10-23(18)36-14-17-5-3-4-6-20(17)28/h3-13,15,24H,14H2,1-2H3,(H,32,34)(H,33,35)/b31-13+. The van der Waals surface area contributed by atoms with Gasteiger partial charge in [0.05, 0.1) is 16.3 Å². The molecule has 36 heavy (non-hydrogen) atoms. The predicted molar refractivity (Wildman–Crippen MR) is 148 cm³/mol. The number of hydrazone groups is 1. The van der Waals surface area contributed by atoms with E-state index in [1.807, 2.05) is 44.2 Å². The number of hydrogen-bond donors (Lipinski definition) is 2. The first-order valence-corrected chi connectivity index (χ1v) is 12.8. The van der Waals surface area contributed by atoms with Crippen LogP contribution in [0, 0.1) is 5.92 Å². The van der Waals surface area contributed by atoms with Gasteiger partial charge in [0.1, 0.15) is 18.4 Å². The first-order chi connectivity index (χ1) is 17.2. The molecule has 0 saturated heterocycles. The van der Waals surface area contributed by atoms with Gasteiger partial charge in [0, 0.05) is 26.2 Å². The van der Waals surface area contributed by atoms with Crippen LogP contribution in [0.1, 0.15) is 35.3 Å². The number of carbonyl (C=O) groups is 2. The molecule has 188 valence electrons. The van der Waals surface area contributed by atoms with E-state index in [0.717, 1.165) is 10.0 Å². The lowest BCUT2D eigenvalue weighted by Crippen LogP contribution is -2.48. The zero-order valence-electron chi connectivity index (χ0n) is 19.4. The molecule has 0 heterocycles. The van der Waals surface area contributed by atoms with Crippen LogP contribution in [0.2, 0.25) is 15.1 Å². The monoisotopic (exact) mass is 609 g/mol. The second-order valence-electron chi connectivity index (χ2n) is 8.12. The summed E-state index contributed by atoms with van der Waals surface area (Å²) < 4.78 is 6.75. The van der Waals surface area contributed by atoms with E-state index in [1.54, 1.807) is 12.1 Å². The van der Waals surface area contributed by atoms with Crippen molar-refractivity contribution in [1.29, 1.82) is 0 Å². The van der Waals surface area contributed by atoms with Gasteiger partial charge in [-0.2, -0.15) is 5.10 Å². The highest BCUT2D eigenvalue weighted by Gasteiger charge is 2.24. The van der Waals surface area contributed by atoms with E-state index in [9.17, 15) is 9.59 Å². The maximum Gasteiger partial charge on any atom is 0.262 e. The number of nitrogens with zero attached hydrogens (tertiary/aromatic N) is 1. The van der Waals surface area contributed by atoms with Crippen LogP contribution in [0.15, 0.2) is 70.2 Å². The lowest BCUT2D eigenvalue weighted by atomic mass is 10.0. The summed E-state index contributed by atoms with van der Waals surface area (Å²) in [7, 11) is 0. The van der Waals surface area contributed by atoms with Crippen LogP contribution in [0.3, 0.4) is 0 Å². The van der Waals surface area contributed by atoms with Crippen LogP contribution < -0.4 is 15.5 Å². The van der Waals surface area contributed by atoms with Crippen LogP contribution in [0.4, 0.5) is 0 Å². The number of halogens is 4. The molecule has 0 aliphatic rings. The molecule has 3 aromatic carbocycles. The van der Waals surface area contributed by atoms with Gasteiger partial charge < -0.3 is 10.1 Å². The van der Waals surface area contributed by atoms with Crippen molar-refractivity contribution in [3.8, 4) is 5.75 Å². The maximum atomic E-state index is 12.8. The number of carbonyl (C=O) groups excluding carboxylic acids is 2. The van der Waals surface area contributed by atoms with Crippen LogP contribution in [0.25, 0.3) is 0 Å². The second kappa shape index (κ2) is 13.1. The van der Waals surface area contributed by atoms with E-state index in [4.69, 9.17) is 39.5 Å². The summed E-state index contributed by atoms with van der Waals surface area (Å²) in [5.41, 5.74) is 4.27. The van der Waals surface area contributed by atoms with E-state index in [2.05, 4.69) is 31.8 Å². The summed E-state index contributed by atoms with van der Waals surface area (Å²) in [5, 5.41) is 8.00. The fourth-order valence-electron chi connectivity index (χ4n) is 3.15. The van der Waals surface area contributed by atoms with Crippen molar-refractivity contribution in [3.63, 3.8) is 0 Å². The molecule has 0 saturated carbocycles. The molecule has 10 heteroatoms. The Hall–Kier alpha value is -2.58. The molecule has 0 radical (unpaired) electrons. The Morgan fingerprint density at radius 2 is 1.75 bits per heavy atom. The molecule has 3 aromatic rings. The first kappa shape index (κ1) is 28.0. The van der Waals surface area contributed by atoms with Crippen molar-refractivity contribution >= 4 is 68.8 Å². The highest BCUT2D eigenvalue weighted by Crippen LogP contribution is 2.25. The van der Waals surface area contributed by atoms with Gasteiger partial charge in [-0.15, -0.1) is 0 Å². The van der Waals surface area contributed by atoms with Crippen LogP contribution in [-0.2, 0) is 11.4 Å². The van der Waals surface area contributed by atoms with Crippen LogP contribution in [0.5, 0.6) is 5.75 Å². The summed E-state index contributed by atoms with van der Waals surface area (Å²) in [4.78, 5) is 25.5. The fourth-order valence-corrected chi connectivity index (χ4v) is 4.02. The third-order valence-electron chi connectivity index (χ3n) is 5.11. The Labute approximate surface area is 233 Å². The molecule has 3 rings (SSSR count). The number of hydrogen-bond acceptors (Lipinski definition) is 4. The van der Waals surface area contributed by atoms with E-state index >= 15 is 0 Å². The van der Waals surface area contributed by atoms with Crippen molar-refractivity contribution in [2.75, 3.05) is 0 Å². The number of benzene rings is 3. The van der Waals surface area contributed by atoms with Crippen LogP contribution in [-0.4, -0.2) is 24.1 Å². The van der Waals surface area contributed by atoms with E-state index < -0.39 is 17.9 Å². The molecule has 0 spiro atoms. The maximum absolute atomic E-state index is 12.8. The molecule has 0 aromatic heterocycles. The molecular formula is C26H23BrCl3N3O3. The fraction of sp³-hybridized carbons (Fsp3) is 0.192. The highest BCUT2D eigenvalue weighted by atomic mass is 79.9. The van der Waals surface area contributed by atoms with Gasteiger partial charge in [-0.05, 0) is 48.4 Å². The summed E-state index contributed by atoms with van der Waals surface area (Å²) in [6.07, 6.45) is 1.47. The molecule has 2 amide bonds. The smallest absolute Gasteiger partial charge is 0.262 e. The minimum absolute atomic E-state index is 0.202. The van der Waals surface area contributed by atoms with Gasteiger partial charge in [-0.25, -0.2) is 5.43 Å². The molecule has 0 aliphatic carbocycles. The van der Waals surface area contributed by atoms with Gasteiger partial charge in [-0.3, -0.25) is 9.59 Å². The SMILES string of the molecule is CC(C)C(NC(=O)c1ccc(Cl)c(Cl)c1)C(=O)N/N=C/c1cc(Br)ccc1OCc1ccccc1Cl. The van der Waals surface area contributed by atoms with Gasteiger partial charge >= 0.3 is 0 Å². The molecule has 0 bridgehead atoms. The van der Waals surface area contributed by atoms with E-state index in [-0.39, 0.29) is 17.5 Å². The summed E-state index contributed by atoms with van der Waals surface area (Å²) in [5.74, 6) is -0.561. The topological polar surface area (TPSA) is 79.8 Å². The number of rotatable bonds is 9. The molecule has 0 fully saturated rings. The molecule has 1 unspecified atom stereocenters. The molecular weight excluding hydrogens is 589 g/mol. The minimum atomic E-state index is -0.831. The van der Waals surface area contributed by atoms with Gasteiger partial charge in [0.15, 0.2) is 0 Å². The zero-order chi connectivity index (χ0) is 26.2. The summed E-state index contributed by atoms with van der Waals surface area (Å²) in [6, 6.07) is 16.5. The quantitative estimate of drug-likeness (QED) is 0.204. The lowest BCUT2D eigenvalue weighted by molar-refractivity contribution is -0.123. The second-order valence-corrected chi connectivity index (χ2v) is 10.3. The molecule has 1 atom stereocenters. The molecule has 6 nitrogen and oxygen atoms in total. The van der Waals surface area contributed by atoms with Crippen LogP contribution >= 0.6 is 50.7 Å². The van der Waals surface area contributed by atoms with Crippen molar-refractivity contribution in [2.45, 2.75) is 26.5 Å². The molecule has 0 aliphatic heterocycles. The number of ether oxygens (including phenoxy) is 1. The van der Waals surface area contributed by atoms with Crippen molar-refractivity contribution < 1.29 is 14.3 Å². The third-order valence-corrected chi connectivity index (χ3v) is 6.71. The van der Waals surface area contributed by atoms with Crippen molar-refractivity contribution in [3.05, 3.63) is 96.9 Å². The van der Waals surface area contributed by atoms with Crippen molar-refractivity contribution in [1.82, 2.24) is 10.7 Å². The third kappa shape index (κ3) is 7.71. The zero-order valence-corrected chi connectivity index (χ0v) is 23.3. The number of nitrogens with one attached hydrogen (secondary N) is 2. The van der Waals surface area contributed by atoms with Gasteiger partial charge in [0.2, 0.25) is 0 Å². The summed E-state index contributed by atoms with van der Waals surface area (Å²) >= 11 is 21.6. The average molecular weight is 612 g/mol. The Kier molecular flexibility index (Phi) is 10.2. The summed E-state index contributed by atoms with van der Waals surface area (Å²) in [6.45, 7) is 3.90. The van der Waals surface area contributed by atoms with E-state index in [1.165, 1.54) is 24.4 Å². The predicted octanol–water partition coefficient (Wildman–Crippen LogP) is 6.89. The Morgan fingerprint density at radius 1 is 1.00 bits per heavy atom.